The highest BCUT2D eigenvalue weighted by molar-refractivity contribution is 8.00. The normalized spacial score (nSPS) is 17.0. The third-order valence-electron chi connectivity index (χ3n) is 6.81. The lowest BCUT2D eigenvalue weighted by atomic mass is 9.90. The van der Waals surface area contributed by atoms with Crippen molar-refractivity contribution in [2.45, 2.75) is 37.5 Å². The fourth-order valence-electron chi connectivity index (χ4n) is 4.98. The third-order valence-corrected chi connectivity index (χ3v) is 9.00. The van der Waals surface area contributed by atoms with E-state index in [-0.39, 0.29) is 17.3 Å². The van der Waals surface area contributed by atoms with E-state index in [1.54, 1.807) is 24.8 Å². The van der Waals surface area contributed by atoms with Crippen molar-refractivity contribution in [1.29, 1.82) is 0 Å². The largest absolute Gasteiger partial charge is 0.495 e. The number of carbonyl (C=O) groups excluding carboxylic acids is 1. The number of aromatic nitrogens is 3. The minimum absolute atomic E-state index is 0.128. The molecule has 0 radical (unpaired) electrons. The molecule has 0 atom stereocenters. The summed E-state index contributed by atoms with van der Waals surface area (Å²) in [5.41, 5.74) is 3.65. The number of benzene rings is 1. The molecule has 1 saturated heterocycles. The van der Waals surface area contributed by atoms with Gasteiger partial charge in [-0.05, 0) is 31.5 Å². The second kappa shape index (κ2) is 10.3. The molecule has 11 heteroatoms. The van der Waals surface area contributed by atoms with Gasteiger partial charge in [0.05, 0.1) is 54.2 Å². The van der Waals surface area contributed by atoms with Crippen LogP contribution in [-0.4, -0.2) is 65.6 Å². The maximum absolute atomic E-state index is 12.8. The second-order valence-electron chi connectivity index (χ2n) is 9.89. The number of para-hydroxylation sites is 2. The Morgan fingerprint density at radius 3 is 2.84 bits per heavy atom. The molecule has 1 aromatic carbocycles. The average molecular weight is 552 g/mol. The number of amides is 1. The first kappa shape index (κ1) is 25.3. The molecule has 2 aliphatic heterocycles. The van der Waals surface area contributed by atoms with Gasteiger partial charge in [-0.3, -0.25) is 4.79 Å². The Labute approximate surface area is 228 Å². The molecule has 0 bridgehead atoms. The van der Waals surface area contributed by atoms with Crippen molar-refractivity contribution in [3.63, 3.8) is 0 Å². The summed E-state index contributed by atoms with van der Waals surface area (Å²) >= 11 is 3.00. The molecule has 198 valence electrons. The van der Waals surface area contributed by atoms with Crippen LogP contribution in [0.25, 0.3) is 20.4 Å². The van der Waals surface area contributed by atoms with E-state index >= 15 is 0 Å². The molecule has 0 unspecified atom stereocenters. The number of nitrogens with one attached hydrogen (secondary N) is 1. The molecule has 38 heavy (non-hydrogen) atoms. The Hall–Kier alpha value is -2.99. The van der Waals surface area contributed by atoms with Crippen LogP contribution in [0.5, 0.6) is 5.75 Å². The van der Waals surface area contributed by atoms with Gasteiger partial charge in [-0.2, -0.15) is 0 Å². The van der Waals surface area contributed by atoms with Gasteiger partial charge in [-0.25, -0.2) is 15.0 Å². The van der Waals surface area contributed by atoms with Crippen LogP contribution in [0, 0.1) is 0 Å². The number of anilines is 2. The standard InChI is InChI=1S/C27H29N5O4S2/c1-27(2)12-16-17(13-36-27)24(32-8-10-35-11-9-32)31-25-21(16)22-23(38-25)26(29-15-28-22)37-14-20(33)30-18-6-4-5-7-19(18)34-3/h4-7,15H,8-14H2,1-3H3,(H,30,33). The van der Waals surface area contributed by atoms with Gasteiger partial charge in [-0.15, -0.1) is 11.3 Å². The number of morpholine rings is 1. The van der Waals surface area contributed by atoms with Gasteiger partial charge in [-0.1, -0.05) is 23.9 Å². The minimum atomic E-state index is -0.279. The number of thioether (sulfide) groups is 1. The first-order chi connectivity index (χ1) is 18.4. The highest BCUT2D eigenvalue weighted by atomic mass is 32.2. The van der Waals surface area contributed by atoms with Gasteiger partial charge in [0, 0.05) is 30.5 Å². The number of hydrogen-bond donors (Lipinski definition) is 1. The highest BCUT2D eigenvalue weighted by Crippen LogP contribution is 2.44. The zero-order valence-electron chi connectivity index (χ0n) is 21.6. The molecule has 0 aliphatic carbocycles. The number of nitrogens with zero attached hydrogens (tertiary/aromatic N) is 4. The zero-order valence-corrected chi connectivity index (χ0v) is 23.2. The monoisotopic (exact) mass is 551 g/mol. The van der Waals surface area contributed by atoms with E-state index in [0.717, 1.165) is 56.4 Å². The number of ether oxygens (including phenoxy) is 3. The highest BCUT2D eigenvalue weighted by Gasteiger charge is 2.33. The first-order valence-electron chi connectivity index (χ1n) is 12.5. The predicted molar refractivity (Wildman–Crippen MR) is 151 cm³/mol. The lowest BCUT2D eigenvalue weighted by molar-refractivity contribution is -0.113. The summed E-state index contributed by atoms with van der Waals surface area (Å²) in [4.78, 5) is 30.4. The molecule has 1 fully saturated rings. The Morgan fingerprint density at radius 1 is 1.21 bits per heavy atom. The van der Waals surface area contributed by atoms with Crippen molar-refractivity contribution in [3.8, 4) is 5.75 Å². The van der Waals surface area contributed by atoms with E-state index < -0.39 is 0 Å². The molecule has 3 aromatic heterocycles. The number of pyridine rings is 1. The van der Waals surface area contributed by atoms with E-state index in [2.05, 4.69) is 29.0 Å². The van der Waals surface area contributed by atoms with E-state index in [0.29, 0.717) is 31.3 Å². The number of rotatable bonds is 6. The van der Waals surface area contributed by atoms with Crippen LogP contribution in [0.1, 0.15) is 25.0 Å². The summed E-state index contributed by atoms with van der Waals surface area (Å²) in [5.74, 6) is 1.69. The van der Waals surface area contributed by atoms with Crippen LogP contribution < -0.4 is 15.0 Å². The smallest absolute Gasteiger partial charge is 0.234 e. The molecule has 6 rings (SSSR count). The summed E-state index contributed by atoms with van der Waals surface area (Å²) in [6.45, 7) is 7.77. The van der Waals surface area contributed by atoms with Gasteiger partial charge in [0.1, 0.15) is 27.8 Å². The van der Waals surface area contributed by atoms with Crippen LogP contribution in [0.3, 0.4) is 0 Å². The van der Waals surface area contributed by atoms with Crippen LogP contribution in [0.4, 0.5) is 11.5 Å². The maximum atomic E-state index is 12.8. The van der Waals surface area contributed by atoms with Crippen molar-refractivity contribution in [1.82, 2.24) is 15.0 Å². The quantitative estimate of drug-likeness (QED) is 0.271. The Balaban J connectivity index is 1.36. The summed E-state index contributed by atoms with van der Waals surface area (Å²) in [7, 11) is 1.59. The molecule has 4 aromatic rings. The van der Waals surface area contributed by atoms with Crippen molar-refractivity contribution in [3.05, 3.63) is 41.7 Å². The molecule has 2 aliphatic rings. The number of methoxy groups -OCH3 is 1. The van der Waals surface area contributed by atoms with Gasteiger partial charge in [0.2, 0.25) is 5.91 Å². The molecule has 1 N–H and O–H groups in total. The minimum Gasteiger partial charge on any atom is -0.495 e. The van der Waals surface area contributed by atoms with Gasteiger partial charge >= 0.3 is 0 Å². The lowest BCUT2D eigenvalue weighted by Crippen LogP contribution is -2.39. The first-order valence-corrected chi connectivity index (χ1v) is 14.3. The fourth-order valence-corrected chi connectivity index (χ4v) is 7.01. The summed E-state index contributed by atoms with van der Waals surface area (Å²) < 4.78 is 18.1. The van der Waals surface area contributed by atoms with E-state index in [1.165, 1.54) is 17.3 Å². The molecular formula is C27H29N5O4S2. The summed E-state index contributed by atoms with van der Waals surface area (Å²) in [5, 5.41) is 4.79. The molecule has 5 heterocycles. The summed E-state index contributed by atoms with van der Waals surface area (Å²) in [6.07, 6.45) is 2.36. The lowest BCUT2D eigenvalue weighted by Gasteiger charge is -2.36. The third kappa shape index (κ3) is 4.79. The molecule has 0 saturated carbocycles. The predicted octanol–water partition coefficient (Wildman–Crippen LogP) is 4.67. The zero-order chi connectivity index (χ0) is 26.3. The SMILES string of the molecule is COc1ccccc1NC(=O)CSc1ncnc2c1sc1nc(N3CCOCC3)c3c(c12)CC(C)(C)OC3. The second-order valence-corrected chi connectivity index (χ2v) is 11.9. The van der Waals surface area contributed by atoms with E-state index in [4.69, 9.17) is 24.2 Å². The number of carbonyl (C=O) groups is 1. The van der Waals surface area contributed by atoms with E-state index in [1.807, 2.05) is 24.3 Å². The summed E-state index contributed by atoms with van der Waals surface area (Å²) in [6, 6.07) is 7.37. The topological polar surface area (TPSA) is 98.7 Å². The Kier molecular flexibility index (Phi) is 6.85. The van der Waals surface area contributed by atoms with Crippen LogP contribution in [0.15, 0.2) is 35.6 Å². The number of hydrogen-bond acceptors (Lipinski definition) is 10. The van der Waals surface area contributed by atoms with Gasteiger partial charge in [0.25, 0.3) is 0 Å². The van der Waals surface area contributed by atoms with Gasteiger partial charge < -0.3 is 24.4 Å². The Morgan fingerprint density at radius 2 is 2.03 bits per heavy atom. The van der Waals surface area contributed by atoms with Crippen LogP contribution in [-0.2, 0) is 27.3 Å². The van der Waals surface area contributed by atoms with Gasteiger partial charge in [0.15, 0.2) is 0 Å². The maximum Gasteiger partial charge on any atom is 0.234 e. The van der Waals surface area contributed by atoms with Crippen molar-refractivity contribution < 1.29 is 19.0 Å². The van der Waals surface area contributed by atoms with Crippen molar-refractivity contribution >= 4 is 60.9 Å². The van der Waals surface area contributed by atoms with Crippen LogP contribution in [0.2, 0.25) is 0 Å². The number of fused-ring (bicyclic) bond motifs is 5. The van der Waals surface area contributed by atoms with Crippen molar-refractivity contribution in [2.24, 2.45) is 0 Å². The van der Waals surface area contributed by atoms with Crippen LogP contribution >= 0.6 is 23.1 Å². The average Bonchev–Trinajstić information content (AvgIpc) is 3.31. The molecule has 0 spiro atoms. The molecule has 1 amide bonds. The molecule has 9 nitrogen and oxygen atoms in total. The van der Waals surface area contributed by atoms with Crippen molar-refractivity contribution in [2.75, 3.05) is 49.4 Å². The fraction of sp³-hybridized carbons (Fsp3) is 0.407. The Bertz CT molecular complexity index is 1520. The number of thiophene rings is 1. The van der Waals surface area contributed by atoms with E-state index in [9.17, 15) is 4.79 Å². The molecular weight excluding hydrogens is 522 g/mol.